The number of anilines is 1. The lowest BCUT2D eigenvalue weighted by Gasteiger charge is -2.29. The van der Waals surface area contributed by atoms with E-state index in [1.54, 1.807) is 23.9 Å². The lowest BCUT2D eigenvalue weighted by molar-refractivity contribution is 0.326. The molecule has 0 spiro atoms. The highest BCUT2D eigenvalue weighted by Gasteiger charge is 2.29. The van der Waals surface area contributed by atoms with E-state index in [0.29, 0.717) is 11.3 Å². The van der Waals surface area contributed by atoms with Crippen LogP contribution in [0.3, 0.4) is 0 Å². The van der Waals surface area contributed by atoms with Crippen LogP contribution in [0.5, 0.6) is 0 Å². The molecule has 0 amide bonds. The molecule has 1 aliphatic rings. The maximum absolute atomic E-state index is 15.2. The van der Waals surface area contributed by atoms with E-state index in [0.717, 1.165) is 31.7 Å². The minimum atomic E-state index is -3.80. The third kappa shape index (κ3) is 4.81. The average Bonchev–Trinajstić information content (AvgIpc) is 3.42. The van der Waals surface area contributed by atoms with Crippen LogP contribution in [0.1, 0.15) is 23.2 Å². The summed E-state index contributed by atoms with van der Waals surface area (Å²) >= 11 is 1.32. The van der Waals surface area contributed by atoms with Gasteiger partial charge in [-0.1, -0.05) is 30.3 Å². The minimum Gasteiger partial charge on any atom is -0.370 e. The molecule has 0 saturated carbocycles. The van der Waals surface area contributed by atoms with Crippen LogP contribution in [0, 0.1) is 12.7 Å². The zero-order chi connectivity index (χ0) is 22.0. The normalized spacial score (nSPS) is 17.2. The zero-order valence-electron chi connectivity index (χ0n) is 17.7. The quantitative estimate of drug-likeness (QED) is 0.528. The molecule has 1 aliphatic heterocycles. The molecule has 1 fully saturated rings. The molecule has 1 atom stereocenters. The SMILES string of the molecule is Cc1c(N(C)[C@H]2CCN(Cc3ccccc3)C2)ccc(S(=O)(=O)Cc2cscn2)c1F. The van der Waals surface area contributed by atoms with Crippen molar-refractivity contribution < 1.29 is 12.8 Å². The van der Waals surface area contributed by atoms with Gasteiger partial charge in [0.05, 0.1) is 17.0 Å². The molecule has 0 N–H and O–H groups in total. The number of likely N-dealkylation sites (N-methyl/N-ethyl adjacent to an activating group) is 1. The van der Waals surface area contributed by atoms with Crippen molar-refractivity contribution >= 4 is 26.9 Å². The Morgan fingerprint density at radius 3 is 2.71 bits per heavy atom. The second-order valence-electron chi connectivity index (χ2n) is 8.03. The van der Waals surface area contributed by atoms with E-state index in [1.807, 2.05) is 25.2 Å². The van der Waals surface area contributed by atoms with Gasteiger partial charge in [0.15, 0.2) is 9.84 Å². The van der Waals surface area contributed by atoms with Gasteiger partial charge in [0.25, 0.3) is 0 Å². The molecular weight excluding hydrogens is 433 g/mol. The predicted molar refractivity (Wildman–Crippen MR) is 123 cm³/mol. The van der Waals surface area contributed by atoms with E-state index >= 15 is 4.39 Å². The molecule has 164 valence electrons. The van der Waals surface area contributed by atoms with Gasteiger partial charge in [-0.3, -0.25) is 4.90 Å². The maximum atomic E-state index is 15.2. The number of likely N-dealkylation sites (tertiary alicyclic amines) is 1. The Balaban J connectivity index is 1.49. The topological polar surface area (TPSA) is 53.5 Å². The molecule has 1 aromatic heterocycles. The van der Waals surface area contributed by atoms with E-state index in [1.165, 1.54) is 23.0 Å². The summed E-state index contributed by atoms with van der Waals surface area (Å²) in [5.74, 6) is -0.960. The van der Waals surface area contributed by atoms with E-state index in [2.05, 4.69) is 26.9 Å². The number of aromatic nitrogens is 1. The lowest BCUT2D eigenvalue weighted by Crippen LogP contribution is -2.35. The first-order valence-electron chi connectivity index (χ1n) is 10.2. The number of nitrogens with zero attached hydrogens (tertiary/aromatic N) is 3. The third-order valence-corrected chi connectivity index (χ3v) is 8.20. The molecule has 31 heavy (non-hydrogen) atoms. The van der Waals surface area contributed by atoms with Crippen molar-refractivity contribution in [1.82, 2.24) is 9.88 Å². The highest BCUT2D eigenvalue weighted by Crippen LogP contribution is 2.31. The molecule has 3 aromatic rings. The molecule has 0 unspecified atom stereocenters. The van der Waals surface area contributed by atoms with Crippen LogP contribution in [0.15, 0.2) is 58.3 Å². The van der Waals surface area contributed by atoms with Crippen molar-refractivity contribution in [2.45, 2.75) is 36.6 Å². The summed E-state index contributed by atoms with van der Waals surface area (Å²) < 4.78 is 40.6. The minimum absolute atomic E-state index is 0.249. The fourth-order valence-electron chi connectivity index (χ4n) is 4.16. The van der Waals surface area contributed by atoms with Gasteiger partial charge in [-0.2, -0.15) is 0 Å². The van der Waals surface area contributed by atoms with Gasteiger partial charge < -0.3 is 4.90 Å². The van der Waals surface area contributed by atoms with Gasteiger partial charge in [-0.25, -0.2) is 17.8 Å². The third-order valence-electron chi connectivity index (χ3n) is 5.90. The number of sulfone groups is 1. The molecule has 0 radical (unpaired) electrons. The standard InChI is InChI=1S/C23H26FN3O2S2/c1-17-21(8-9-22(23(17)24)31(28,29)15-19-14-30-16-25-19)26(2)20-10-11-27(13-20)12-18-6-4-3-5-7-18/h3-9,14,16,20H,10-13,15H2,1-2H3/t20-/m0/s1. The smallest absolute Gasteiger partial charge is 0.187 e. The van der Waals surface area contributed by atoms with Gasteiger partial charge in [-0.05, 0) is 31.0 Å². The zero-order valence-corrected chi connectivity index (χ0v) is 19.3. The van der Waals surface area contributed by atoms with Gasteiger partial charge >= 0.3 is 0 Å². The summed E-state index contributed by atoms with van der Waals surface area (Å²) in [6, 6.07) is 13.7. The van der Waals surface area contributed by atoms with E-state index in [-0.39, 0.29) is 16.7 Å². The van der Waals surface area contributed by atoms with Crippen molar-refractivity contribution in [1.29, 1.82) is 0 Å². The molecule has 5 nitrogen and oxygen atoms in total. The van der Waals surface area contributed by atoms with Gasteiger partial charge in [0, 0.05) is 49.4 Å². The van der Waals surface area contributed by atoms with Crippen LogP contribution in [-0.2, 0) is 22.1 Å². The second-order valence-corrected chi connectivity index (χ2v) is 10.7. The second kappa shape index (κ2) is 9.06. The number of hydrogen-bond acceptors (Lipinski definition) is 6. The summed E-state index contributed by atoms with van der Waals surface area (Å²) in [5.41, 5.74) is 4.39. The Morgan fingerprint density at radius 1 is 1.23 bits per heavy atom. The molecule has 2 heterocycles. The average molecular weight is 460 g/mol. The van der Waals surface area contributed by atoms with Gasteiger partial charge in [0.1, 0.15) is 10.7 Å². The van der Waals surface area contributed by atoms with Crippen molar-refractivity contribution in [2.75, 3.05) is 25.0 Å². The molecule has 0 bridgehead atoms. The monoisotopic (exact) mass is 459 g/mol. The predicted octanol–water partition coefficient (Wildman–Crippen LogP) is 4.28. The summed E-state index contributed by atoms with van der Waals surface area (Å²) in [4.78, 5) is 8.24. The van der Waals surface area contributed by atoms with Crippen molar-refractivity contribution in [3.8, 4) is 0 Å². The van der Waals surface area contributed by atoms with Crippen molar-refractivity contribution in [3.05, 3.63) is 76.0 Å². The summed E-state index contributed by atoms with van der Waals surface area (Å²) in [5, 5.41) is 1.67. The Bertz CT molecular complexity index is 1140. The summed E-state index contributed by atoms with van der Waals surface area (Å²) in [6.07, 6.45) is 0.980. The fourth-order valence-corrected chi connectivity index (χ4v) is 6.23. The van der Waals surface area contributed by atoms with Crippen molar-refractivity contribution in [2.24, 2.45) is 0 Å². The van der Waals surface area contributed by atoms with Gasteiger partial charge in [0.2, 0.25) is 0 Å². The largest absolute Gasteiger partial charge is 0.370 e. The maximum Gasteiger partial charge on any atom is 0.187 e. The first-order chi connectivity index (χ1) is 14.8. The van der Waals surface area contributed by atoms with Crippen LogP contribution >= 0.6 is 11.3 Å². The number of rotatable bonds is 7. The molecule has 2 aromatic carbocycles. The number of halogens is 1. The highest BCUT2D eigenvalue weighted by atomic mass is 32.2. The van der Waals surface area contributed by atoms with E-state index < -0.39 is 15.7 Å². The summed E-state index contributed by atoms with van der Waals surface area (Å²) in [7, 11) is -1.84. The summed E-state index contributed by atoms with van der Waals surface area (Å²) in [6.45, 7) is 4.41. The number of benzene rings is 2. The lowest BCUT2D eigenvalue weighted by atomic mass is 10.1. The van der Waals surface area contributed by atoms with Gasteiger partial charge in [-0.15, -0.1) is 11.3 Å². The molecule has 4 rings (SSSR count). The Kier molecular flexibility index (Phi) is 6.41. The van der Waals surface area contributed by atoms with E-state index in [4.69, 9.17) is 0 Å². The fraction of sp³-hybridized carbons (Fsp3) is 0.348. The van der Waals surface area contributed by atoms with E-state index in [9.17, 15) is 8.42 Å². The molecule has 8 heteroatoms. The van der Waals surface area contributed by atoms with Crippen LogP contribution in [-0.4, -0.2) is 44.5 Å². The number of hydrogen-bond donors (Lipinski definition) is 0. The van der Waals surface area contributed by atoms with Crippen LogP contribution in [0.25, 0.3) is 0 Å². The first kappa shape index (κ1) is 21.9. The molecular formula is C23H26FN3O2S2. The van der Waals surface area contributed by atoms with Crippen LogP contribution in [0.4, 0.5) is 10.1 Å². The van der Waals surface area contributed by atoms with Crippen molar-refractivity contribution in [3.63, 3.8) is 0 Å². The van der Waals surface area contributed by atoms with Crippen LogP contribution in [0.2, 0.25) is 0 Å². The number of thiazole rings is 1. The molecule has 1 saturated heterocycles. The Morgan fingerprint density at radius 2 is 2.00 bits per heavy atom. The molecule has 0 aliphatic carbocycles. The van der Waals surface area contributed by atoms with Crippen LogP contribution < -0.4 is 4.90 Å². The Labute approximate surface area is 187 Å². The first-order valence-corrected chi connectivity index (χ1v) is 12.8. The Hall–Kier alpha value is -2.29. The highest BCUT2D eigenvalue weighted by molar-refractivity contribution is 7.90.